The van der Waals surface area contributed by atoms with Gasteiger partial charge in [-0.2, -0.15) is 0 Å². The summed E-state index contributed by atoms with van der Waals surface area (Å²) in [5.74, 6) is 0.315. The highest BCUT2D eigenvalue weighted by molar-refractivity contribution is 5.79. The van der Waals surface area contributed by atoms with Crippen LogP contribution >= 0.6 is 0 Å². The van der Waals surface area contributed by atoms with Crippen molar-refractivity contribution >= 4 is 5.91 Å². The number of carbonyl (C=O) groups excluding carboxylic acids is 1. The predicted molar refractivity (Wildman–Crippen MR) is 59.2 cm³/mol. The van der Waals surface area contributed by atoms with Gasteiger partial charge in [-0.05, 0) is 13.5 Å². The summed E-state index contributed by atoms with van der Waals surface area (Å²) in [5, 5.41) is 3.08. The maximum absolute atomic E-state index is 12.1. The van der Waals surface area contributed by atoms with Gasteiger partial charge in [-0.25, -0.2) is 0 Å². The second-order valence-electron chi connectivity index (χ2n) is 4.40. The summed E-state index contributed by atoms with van der Waals surface area (Å²) in [4.78, 5) is 14.0. The van der Waals surface area contributed by atoms with E-state index in [9.17, 15) is 4.79 Å². The fourth-order valence-electron chi connectivity index (χ4n) is 2.26. The molecule has 2 aliphatic rings. The number of ether oxygens (including phenoxy) is 2. The molecule has 1 N–H and O–H groups in total. The lowest BCUT2D eigenvalue weighted by molar-refractivity contribution is -0.142. The molecule has 2 fully saturated rings. The topological polar surface area (TPSA) is 50.8 Å². The molecule has 0 bridgehead atoms. The lowest BCUT2D eigenvalue weighted by Crippen LogP contribution is -2.50. The van der Waals surface area contributed by atoms with Crippen molar-refractivity contribution in [1.29, 1.82) is 0 Å². The molecule has 2 rings (SSSR count). The molecule has 0 aliphatic carbocycles. The largest absolute Gasteiger partial charge is 0.381 e. The third kappa shape index (κ3) is 2.72. The number of morpholine rings is 1. The zero-order valence-corrected chi connectivity index (χ0v) is 9.78. The summed E-state index contributed by atoms with van der Waals surface area (Å²) < 4.78 is 10.8. The maximum Gasteiger partial charge on any atom is 0.228 e. The Morgan fingerprint density at radius 2 is 2.38 bits per heavy atom. The van der Waals surface area contributed by atoms with Crippen molar-refractivity contribution in [2.24, 2.45) is 5.92 Å². The Morgan fingerprint density at radius 1 is 1.50 bits per heavy atom. The van der Waals surface area contributed by atoms with E-state index in [0.717, 1.165) is 26.1 Å². The zero-order chi connectivity index (χ0) is 11.4. The molecule has 0 saturated carbocycles. The SMILES string of the molecule is CNCC1CN(C(=O)C2CCOC2)CCO1. The quantitative estimate of drug-likeness (QED) is 0.705. The third-order valence-electron chi connectivity index (χ3n) is 3.16. The van der Waals surface area contributed by atoms with Crippen molar-refractivity contribution < 1.29 is 14.3 Å². The van der Waals surface area contributed by atoms with Crippen LogP contribution < -0.4 is 5.32 Å². The summed E-state index contributed by atoms with van der Waals surface area (Å²) in [5.41, 5.74) is 0. The van der Waals surface area contributed by atoms with E-state index in [1.54, 1.807) is 0 Å². The lowest BCUT2D eigenvalue weighted by Gasteiger charge is -2.34. The van der Waals surface area contributed by atoms with Gasteiger partial charge in [0.2, 0.25) is 5.91 Å². The Balaban J connectivity index is 1.85. The molecule has 5 heteroatoms. The highest BCUT2D eigenvalue weighted by Crippen LogP contribution is 2.17. The Morgan fingerprint density at radius 3 is 3.06 bits per heavy atom. The number of carbonyl (C=O) groups is 1. The normalized spacial score (nSPS) is 30.7. The van der Waals surface area contributed by atoms with Crippen LogP contribution in [0, 0.1) is 5.92 Å². The van der Waals surface area contributed by atoms with Crippen LogP contribution in [0.5, 0.6) is 0 Å². The Bertz CT molecular complexity index is 239. The highest BCUT2D eigenvalue weighted by Gasteiger charge is 2.31. The molecule has 2 saturated heterocycles. The van der Waals surface area contributed by atoms with E-state index in [-0.39, 0.29) is 17.9 Å². The Hall–Kier alpha value is -0.650. The average molecular weight is 228 g/mol. The smallest absolute Gasteiger partial charge is 0.228 e. The van der Waals surface area contributed by atoms with Gasteiger partial charge in [-0.3, -0.25) is 4.79 Å². The molecule has 92 valence electrons. The van der Waals surface area contributed by atoms with Gasteiger partial charge in [0, 0.05) is 26.2 Å². The second kappa shape index (κ2) is 5.61. The molecule has 2 heterocycles. The van der Waals surface area contributed by atoms with Gasteiger partial charge in [-0.1, -0.05) is 0 Å². The number of hydrogen-bond donors (Lipinski definition) is 1. The van der Waals surface area contributed by atoms with Crippen LogP contribution in [0.25, 0.3) is 0 Å². The van der Waals surface area contributed by atoms with E-state index < -0.39 is 0 Å². The van der Waals surface area contributed by atoms with Crippen molar-refractivity contribution in [3.63, 3.8) is 0 Å². The molecule has 0 aromatic rings. The van der Waals surface area contributed by atoms with Gasteiger partial charge in [0.25, 0.3) is 0 Å². The Labute approximate surface area is 96.1 Å². The van der Waals surface area contributed by atoms with E-state index >= 15 is 0 Å². The number of nitrogens with zero attached hydrogens (tertiary/aromatic N) is 1. The van der Waals surface area contributed by atoms with Gasteiger partial charge in [0.1, 0.15) is 0 Å². The zero-order valence-electron chi connectivity index (χ0n) is 9.78. The number of rotatable bonds is 3. The molecule has 0 spiro atoms. The summed E-state index contributed by atoms with van der Waals surface area (Å²) >= 11 is 0. The molecule has 0 aromatic heterocycles. The highest BCUT2D eigenvalue weighted by atomic mass is 16.5. The fraction of sp³-hybridized carbons (Fsp3) is 0.909. The number of likely N-dealkylation sites (N-methyl/N-ethyl adjacent to an activating group) is 1. The predicted octanol–water partition coefficient (Wildman–Crippen LogP) is -0.530. The van der Waals surface area contributed by atoms with Crippen LogP contribution in [-0.4, -0.2) is 63.4 Å². The molecular weight excluding hydrogens is 208 g/mol. The summed E-state index contributed by atoms with van der Waals surface area (Å²) in [6, 6.07) is 0. The molecule has 2 atom stereocenters. The molecule has 2 aliphatic heterocycles. The number of nitrogens with one attached hydrogen (secondary N) is 1. The maximum atomic E-state index is 12.1. The lowest BCUT2D eigenvalue weighted by atomic mass is 10.1. The average Bonchev–Trinajstić information content (AvgIpc) is 2.82. The molecule has 5 nitrogen and oxygen atoms in total. The first-order chi connectivity index (χ1) is 7.81. The number of amides is 1. The van der Waals surface area contributed by atoms with E-state index in [1.807, 2.05) is 11.9 Å². The van der Waals surface area contributed by atoms with Gasteiger partial charge in [0.05, 0.1) is 25.2 Å². The molecule has 2 unspecified atom stereocenters. The number of hydrogen-bond acceptors (Lipinski definition) is 4. The molecule has 0 radical (unpaired) electrons. The van der Waals surface area contributed by atoms with Crippen LogP contribution in [0.15, 0.2) is 0 Å². The van der Waals surface area contributed by atoms with Crippen molar-refractivity contribution in [3.8, 4) is 0 Å². The van der Waals surface area contributed by atoms with Crippen LogP contribution in [-0.2, 0) is 14.3 Å². The third-order valence-corrected chi connectivity index (χ3v) is 3.16. The minimum atomic E-state index is 0.0772. The van der Waals surface area contributed by atoms with Crippen molar-refractivity contribution in [3.05, 3.63) is 0 Å². The Kier molecular flexibility index (Phi) is 4.15. The van der Waals surface area contributed by atoms with Gasteiger partial charge < -0.3 is 19.7 Å². The van der Waals surface area contributed by atoms with Crippen LogP contribution in [0.3, 0.4) is 0 Å². The van der Waals surface area contributed by atoms with Gasteiger partial charge in [-0.15, -0.1) is 0 Å². The van der Waals surface area contributed by atoms with Crippen molar-refractivity contribution in [2.75, 3.05) is 46.5 Å². The minimum Gasteiger partial charge on any atom is -0.381 e. The van der Waals surface area contributed by atoms with Crippen molar-refractivity contribution in [1.82, 2.24) is 10.2 Å². The molecule has 1 amide bonds. The summed E-state index contributed by atoms with van der Waals surface area (Å²) in [7, 11) is 1.90. The molecule has 16 heavy (non-hydrogen) atoms. The summed E-state index contributed by atoms with van der Waals surface area (Å²) in [6.07, 6.45) is 0.998. The van der Waals surface area contributed by atoms with E-state index in [0.29, 0.717) is 19.8 Å². The second-order valence-corrected chi connectivity index (χ2v) is 4.40. The van der Waals surface area contributed by atoms with Gasteiger partial charge in [0.15, 0.2) is 0 Å². The standard InChI is InChI=1S/C11H20N2O3/c1-12-6-10-7-13(3-5-16-10)11(14)9-2-4-15-8-9/h9-10,12H,2-8H2,1H3. The first-order valence-electron chi connectivity index (χ1n) is 5.94. The molecule has 0 aromatic carbocycles. The van der Waals surface area contributed by atoms with Crippen LogP contribution in [0.2, 0.25) is 0 Å². The molecular formula is C11H20N2O3. The monoisotopic (exact) mass is 228 g/mol. The van der Waals surface area contributed by atoms with Gasteiger partial charge >= 0.3 is 0 Å². The first-order valence-corrected chi connectivity index (χ1v) is 5.94. The van der Waals surface area contributed by atoms with E-state index in [1.165, 1.54) is 0 Å². The van der Waals surface area contributed by atoms with Crippen LogP contribution in [0.1, 0.15) is 6.42 Å². The van der Waals surface area contributed by atoms with Crippen molar-refractivity contribution in [2.45, 2.75) is 12.5 Å². The fourth-order valence-corrected chi connectivity index (χ4v) is 2.26. The van der Waals surface area contributed by atoms with Crippen LogP contribution in [0.4, 0.5) is 0 Å². The minimum absolute atomic E-state index is 0.0772. The summed E-state index contributed by atoms with van der Waals surface area (Å²) in [6.45, 7) is 4.18. The van der Waals surface area contributed by atoms with E-state index in [2.05, 4.69) is 5.32 Å². The first kappa shape index (κ1) is 11.8. The van der Waals surface area contributed by atoms with E-state index in [4.69, 9.17) is 9.47 Å².